The maximum Gasteiger partial charge on any atom is 0.276 e. The third kappa shape index (κ3) is 3.00. The van der Waals surface area contributed by atoms with Crippen LogP contribution >= 0.6 is 0 Å². The molecule has 3 aromatic rings. The molecule has 1 amide bonds. The fourth-order valence-corrected chi connectivity index (χ4v) is 2.68. The first kappa shape index (κ1) is 15.8. The van der Waals surface area contributed by atoms with Crippen molar-refractivity contribution in [3.8, 4) is 23.3 Å². The number of likely N-dealkylation sites (tertiary alicyclic amines) is 1. The van der Waals surface area contributed by atoms with Gasteiger partial charge < -0.3 is 14.2 Å². The molecule has 1 saturated heterocycles. The van der Waals surface area contributed by atoms with E-state index >= 15 is 0 Å². The van der Waals surface area contributed by atoms with E-state index in [9.17, 15) is 4.79 Å². The van der Waals surface area contributed by atoms with Crippen molar-refractivity contribution < 1.29 is 14.1 Å². The molecule has 0 bridgehead atoms. The molecule has 1 aromatic carbocycles. The van der Waals surface area contributed by atoms with Crippen molar-refractivity contribution in [2.24, 2.45) is 0 Å². The van der Waals surface area contributed by atoms with E-state index in [1.54, 1.807) is 29.3 Å². The first-order valence-corrected chi connectivity index (χ1v) is 8.08. The minimum absolute atomic E-state index is 0.193. The summed E-state index contributed by atoms with van der Waals surface area (Å²) in [6.45, 7) is 0.821. The zero-order valence-corrected chi connectivity index (χ0v) is 13.7. The quantitative estimate of drug-likeness (QED) is 0.721. The highest BCUT2D eigenvalue weighted by molar-refractivity contribution is 5.93. The Bertz CT molecular complexity index is 972. The number of amides is 1. The van der Waals surface area contributed by atoms with Crippen LogP contribution in [-0.2, 0) is 0 Å². The minimum atomic E-state index is -0.211. The number of carbonyl (C=O) groups excluding carboxylic acids is 1. The highest BCUT2D eigenvalue weighted by Gasteiger charge is 2.35. The van der Waals surface area contributed by atoms with Gasteiger partial charge in [0.1, 0.15) is 17.7 Å². The maximum atomic E-state index is 12.5. The van der Waals surface area contributed by atoms with Gasteiger partial charge in [-0.15, -0.1) is 0 Å². The molecule has 1 aliphatic rings. The van der Waals surface area contributed by atoms with Gasteiger partial charge in [-0.3, -0.25) is 4.79 Å². The number of benzene rings is 1. The number of carbonyl (C=O) groups is 1. The van der Waals surface area contributed by atoms with Gasteiger partial charge in [0.05, 0.1) is 13.1 Å². The summed E-state index contributed by atoms with van der Waals surface area (Å²) in [6.07, 6.45) is 1.37. The molecule has 2 aromatic heterocycles. The lowest BCUT2D eigenvalue weighted by Crippen LogP contribution is -2.56. The zero-order chi connectivity index (χ0) is 17.9. The van der Waals surface area contributed by atoms with Crippen LogP contribution in [0.3, 0.4) is 0 Å². The number of ether oxygens (including phenoxy) is 1. The zero-order valence-electron chi connectivity index (χ0n) is 13.7. The van der Waals surface area contributed by atoms with Gasteiger partial charge in [0.2, 0.25) is 5.88 Å². The van der Waals surface area contributed by atoms with Gasteiger partial charge in [0.15, 0.2) is 11.5 Å². The molecule has 4 rings (SSSR count). The van der Waals surface area contributed by atoms with Gasteiger partial charge in [-0.2, -0.15) is 5.26 Å². The van der Waals surface area contributed by atoms with E-state index in [1.807, 2.05) is 36.4 Å². The van der Waals surface area contributed by atoms with Gasteiger partial charge in [-0.25, -0.2) is 4.98 Å². The normalized spacial score (nSPS) is 13.7. The van der Waals surface area contributed by atoms with Crippen molar-refractivity contribution in [2.75, 3.05) is 13.1 Å². The molecular weight excluding hydrogens is 332 g/mol. The van der Waals surface area contributed by atoms with E-state index in [-0.39, 0.29) is 17.7 Å². The number of nitrogens with zero attached hydrogens (tertiary/aromatic N) is 4. The Morgan fingerprint density at radius 2 is 2.04 bits per heavy atom. The molecule has 0 unspecified atom stereocenters. The molecule has 1 fully saturated rings. The molecule has 0 aliphatic carbocycles. The second-order valence-electron chi connectivity index (χ2n) is 5.86. The summed E-state index contributed by atoms with van der Waals surface area (Å²) in [6, 6.07) is 16.5. The predicted molar refractivity (Wildman–Crippen MR) is 91.2 cm³/mol. The summed E-state index contributed by atoms with van der Waals surface area (Å²) in [5.74, 6) is 0.631. The molecule has 1 aliphatic heterocycles. The van der Waals surface area contributed by atoms with Gasteiger partial charge in [0.25, 0.3) is 5.91 Å². The van der Waals surface area contributed by atoms with Crippen molar-refractivity contribution >= 4 is 5.91 Å². The van der Waals surface area contributed by atoms with Crippen LogP contribution in [0.4, 0.5) is 0 Å². The Morgan fingerprint density at radius 1 is 1.23 bits per heavy atom. The predicted octanol–water partition coefficient (Wildman–Crippen LogP) is 2.51. The first-order valence-electron chi connectivity index (χ1n) is 8.08. The van der Waals surface area contributed by atoms with Crippen LogP contribution in [0.2, 0.25) is 0 Å². The van der Waals surface area contributed by atoms with Crippen molar-refractivity contribution in [3.63, 3.8) is 0 Å². The summed E-state index contributed by atoms with van der Waals surface area (Å²) in [5, 5.41) is 12.9. The second-order valence-corrected chi connectivity index (χ2v) is 5.86. The first-order chi connectivity index (χ1) is 12.7. The van der Waals surface area contributed by atoms with Crippen molar-refractivity contribution in [1.82, 2.24) is 15.0 Å². The summed E-state index contributed by atoms with van der Waals surface area (Å²) >= 11 is 0. The van der Waals surface area contributed by atoms with E-state index in [0.717, 1.165) is 5.56 Å². The molecule has 0 radical (unpaired) electrons. The number of pyridine rings is 1. The van der Waals surface area contributed by atoms with Gasteiger partial charge in [-0.05, 0) is 12.1 Å². The molecule has 3 heterocycles. The molecule has 7 nitrogen and oxygen atoms in total. The van der Waals surface area contributed by atoms with Crippen LogP contribution < -0.4 is 4.74 Å². The molecule has 0 saturated carbocycles. The van der Waals surface area contributed by atoms with Crippen molar-refractivity contribution in [3.05, 3.63) is 66.0 Å². The lowest BCUT2D eigenvalue weighted by molar-refractivity contribution is 0.0152. The van der Waals surface area contributed by atoms with Crippen LogP contribution in [0.25, 0.3) is 11.3 Å². The Labute approximate surface area is 149 Å². The van der Waals surface area contributed by atoms with Gasteiger partial charge in [-0.1, -0.05) is 35.5 Å². The average molecular weight is 346 g/mol. The molecule has 0 N–H and O–H groups in total. The van der Waals surface area contributed by atoms with Crippen LogP contribution in [-0.4, -0.2) is 40.1 Å². The van der Waals surface area contributed by atoms with Crippen molar-refractivity contribution in [1.29, 1.82) is 5.26 Å². The third-order valence-corrected chi connectivity index (χ3v) is 4.09. The standard InChI is InChI=1S/C19H14N4O3/c20-10-14-7-4-8-21-18(14)25-15-11-23(12-15)19(24)16-9-17(26-22-16)13-5-2-1-3-6-13/h1-9,15H,11-12H2. The van der Waals surface area contributed by atoms with E-state index < -0.39 is 0 Å². The number of hydrogen-bond donors (Lipinski definition) is 0. The molecule has 7 heteroatoms. The number of rotatable bonds is 4. The summed E-state index contributed by atoms with van der Waals surface area (Å²) in [4.78, 5) is 18.2. The van der Waals surface area contributed by atoms with E-state index in [2.05, 4.69) is 10.1 Å². The van der Waals surface area contributed by atoms with Crippen molar-refractivity contribution in [2.45, 2.75) is 6.10 Å². The lowest BCUT2D eigenvalue weighted by Gasteiger charge is -2.38. The average Bonchev–Trinajstić information content (AvgIpc) is 3.15. The van der Waals surface area contributed by atoms with Crippen LogP contribution in [0.15, 0.2) is 59.3 Å². The fraction of sp³-hybridized carbons (Fsp3) is 0.158. The molecule has 0 spiro atoms. The minimum Gasteiger partial charge on any atom is -0.470 e. The smallest absolute Gasteiger partial charge is 0.276 e. The van der Waals surface area contributed by atoms with E-state index in [4.69, 9.17) is 14.5 Å². The van der Waals surface area contributed by atoms with Crippen LogP contribution in [0.5, 0.6) is 5.88 Å². The number of hydrogen-bond acceptors (Lipinski definition) is 6. The largest absolute Gasteiger partial charge is 0.470 e. The Hall–Kier alpha value is -3.66. The molecule has 0 atom stereocenters. The van der Waals surface area contributed by atoms with Crippen LogP contribution in [0, 0.1) is 11.3 Å². The van der Waals surface area contributed by atoms with Gasteiger partial charge >= 0.3 is 0 Å². The summed E-state index contributed by atoms with van der Waals surface area (Å²) < 4.78 is 11.0. The van der Waals surface area contributed by atoms with Crippen LogP contribution in [0.1, 0.15) is 16.1 Å². The molecule has 26 heavy (non-hydrogen) atoms. The number of nitriles is 1. The molecular formula is C19H14N4O3. The third-order valence-electron chi connectivity index (χ3n) is 4.09. The van der Waals surface area contributed by atoms with Gasteiger partial charge in [0, 0.05) is 17.8 Å². The maximum absolute atomic E-state index is 12.5. The summed E-state index contributed by atoms with van der Waals surface area (Å²) in [7, 11) is 0. The monoisotopic (exact) mass is 346 g/mol. The Kier molecular flexibility index (Phi) is 4.07. The topological polar surface area (TPSA) is 92.2 Å². The van der Waals surface area contributed by atoms with E-state index in [1.165, 1.54) is 0 Å². The molecule has 128 valence electrons. The Morgan fingerprint density at radius 3 is 2.81 bits per heavy atom. The fourth-order valence-electron chi connectivity index (χ4n) is 2.68. The SMILES string of the molecule is N#Cc1cccnc1OC1CN(C(=O)c2cc(-c3ccccc3)on2)C1. The summed E-state index contributed by atoms with van der Waals surface area (Å²) in [5.41, 5.74) is 1.50. The second kappa shape index (κ2) is 6.69. The highest BCUT2D eigenvalue weighted by atomic mass is 16.5. The lowest BCUT2D eigenvalue weighted by atomic mass is 10.1. The van der Waals surface area contributed by atoms with E-state index in [0.29, 0.717) is 30.3 Å². The Balaban J connectivity index is 1.38. The highest BCUT2D eigenvalue weighted by Crippen LogP contribution is 2.23. The number of aromatic nitrogens is 2.